The number of rotatable bonds is 1. The van der Waals surface area contributed by atoms with Crippen molar-refractivity contribution in [3.8, 4) is 0 Å². The standard InChI is InChI=1S/CH4BO3PS/c1-3-6(7)4-2-5-6/h2H,1H3. The van der Waals surface area contributed by atoms with E-state index < -0.39 is 6.72 Å². The van der Waals surface area contributed by atoms with Gasteiger partial charge < -0.3 is 13.4 Å². The highest BCUT2D eigenvalue weighted by atomic mass is 32.5. The van der Waals surface area contributed by atoms with Crippen LogP contribution in [0.2, 0.25) is 0 Å². The van der Waals surface area contributed by atoms with Crippen molar-refractivity contribution < 1.29 is 13.4 Å². The van der Waals surface area contributed by atoms with E-state index in [0.29, 0.717) is 7.69 Å². The van der Waals surface area contributed by atoms with Crippen LogP contribution in [0.4, 0.5) is 0 Å². The summed E-state index contributed by atoms with van der Waals surface area (Å²) in [5.41, 5.74) is 0. The molecule has 7 heavy (non-hydrogen) atoms. The number of hydrogen-bond donors (Lipinski definition) is 0. The van der Waals surface area contributed by atoms with Gasteiger partial charge in [-0.1, -0.05) is 0 Å². The quantitative estimate of drug-likeness (QED) is 0.381. The minimum atomic E-state index is -2.14. The average molecular weight is 138 g/mol. The van der Waals surface area contributed by atoms with Crippen LogP contribution in [-0.2, 0) is 25.2 Å². The van der Waals surface area contributed by atoms with E-state index in [9.17, 15) is 0 Å². The third kappa shape index (κ3) is 1.04. The fourth-order valence-corrected chi connectivity index (χ4v) is 0.991. The molecule has 0 aromatic rings. The topological polar surface area (TPSA) is 27.7 Å². The molecule has 0 unspecified atom stereocenters. The molecule has 0 radical (unpaired) electrons. The van der Waals surface area contributed by atoms with Gasteiger partial charge in [0.1, 0.15) is 0 Å². The largest absolute Gasteiger partial charge is 0.452 e. The van der Waals surface area contributed by atoms with Gasteiger partial charge >= 0.3 is 14.4 Å². The molecule has 0 bridgehead atoms. The zero-order valence-electron chi connectivity index (χ0n) is 3.79. The van der Waals surface area contributed by atoms with Crippen LogP contribution >= 0.6 is 6.72 Å². The summed E-state index contributed by atoms with van der Waals surface area (Å²) in [6.07, 6.45) is 0. The molecule has 0 atom stereocenters. The lowest BCUT2D eigenvalue weighted by Crippen LogP contribution is -2.14. The van der Waals surface area contributed by atoms with Gasteiger partial charge in [-0.05, 0) is 11.8 Å². The average Bonchev–Trinajstić information content (AvgIpc) is 1.61. The van der Waals surface area contributed by atoms with Gasteiger partial charge in [-0.3, -0.25) is 0 Å². The maximum Gasteiger partial charge on any atom is 0.452 e. The van der Waals surface area contributed by atoms with Crippen LogP contribution in [0.3, 0.4) is 0 Å². The predicted molar refractivity (Wildman–Crippen MR) is 30.6 cm³/mol. The fraction of sp³-hybridized carbons (Fsp3) is 1.00. The third-order valence-corrected chi connectivity index (χ3v) is 3.02. The van der Waals surface area contributed by atoms with Crippen molar-refractivity contribution in [3.63, 3.8) is 0 Å². The minimum absolute atomic E-state index is 0.297. The van der Waals surface area contributed by atoms with Gasteiger partial charge in [0.05, 0.1) is 0 Å². The van der Waals surface area contributed by atoms with E-state index in [1.165, 1.54) is 7.11 Å². The van der Waals surface area contributed by atoms with E-state index in [4.69, 9.17) is 8.88 Å². The van der Waals surface area contributed by atoms with Crippen LogP contribution in [0.5, 0.6) is 0 Å². The van der Waals surface area contributed by atoms with Gasteiger partial charge in [-0.15, -0.1) is 0 Å². The lowest BCUT2D eigenvalue weighted by atomic mass is 10.4. The maximum absolute atomic E-state index is 4.75. The molecule has 1 heterocycles. The Bertz CT molecular complexity index is 99.2. The molecule has 1 aliphatic heterocycles. The molecule has 0 N–H and O–H groups in total. The van der Waals surface area contributed by atoms with Crippen molar-refractivity contribution in [1.82, 2.24) is 0 Å². The highest BCUT2D eigenvalue weighted by Gasteiger charge is 2.29. The van der Waals surface area contributed by atoms with Crippen LogP contribution in [0.1, 0.15) is 0 Å². The summed E-state index contributed by atoms with van der Waals surface area (Å²) in [4.78, 5) is 0. The molecule has 0 spiro atoms. The van der Waals surface area contributed by atoms with Crippen molar-refractivity contribution >= 4 is 26.2 Å². The normalized spacial score (nSPS) is 25.3. The van der Waals surface area contributed by atoms with Gasteiger partial charge in [-0.25, -0.2) is 0 Å². The van der Waals surface area contributed by atoms with Gasteiger partial charge in [0.25, 0.3) is 0 Å². The monoisotopic (exact) mass is 138 g/mol. The molecule has 6 heteroatoms. The van der Waals surface area contributed by atoms with E-state index in [1.54, 1.807) is 0 Å². The van der Waals surface area contributed by atoms with Gasteiger partial charge in [0, 0.05) is 7.11 Å². The molecular formula is CH4BO3PS. The molecule has 0 amide bonds. The highest BCUT2D eigenvalue weighted by Crippen LogP contribution is 2.54. The van der Waals surface area contributed by atoms with E-state index in [-0.39, 0.29) is 0 Å². The maximum atomic E-state index is 4.75. The van der Waals surface area contributed by atoms with Gasteiger partial charge in [0.2, 0.25) is 0 Å². The SMILES string of the molecule is COP1(=S)OBO1. The van der Waals surface area contributed by atoms with Gasteiger partial charge in [-0.2, -0.15) is 0 Å². The second-order valence-electron chi connectivity index (χ2n) is 1.01. The molecule has 0 aromatic carbocycles. The highest BCUT2D eigenvalue weighted by molar-refractivity contribution is 8.09. The first kappa shape index (κ1) is 5.73. The second kappa shape index (κ2) is 1.84. The van der Waals surface area contributed by atoms with Crippen LogP contribution < -0.4 is 0 Å². The second-order valence-corrected chi connectivity index (χ2v) is 4.12. The zero-order chi connectivity index (χ0) is 5.33. The molecule has 1 fully saturated rings. The Morgan fingerprint density at radius 3 is 2.29 bits per heavy atom. The predicted octanol–water partition coefficient (Wildman–Crippen LogP) is 0.171. The first-order valence-electron chi connectivity index (χ1n) is 1.72. The summed E-state index contributed by atoms with van der Waals surface area (Å²) < 4.78 is 14.2. The Morgan fingerprint density at radius 1 is 1.71 bits per heavy atom. The van der Waals surface area contributed by atoms with Gasteiger partial charge in [0.15, 0.2) is 0 Å². The molecule has 0 aliphatic carbocycles. The first-order valence-corrected chi connectivity index (χ1v) is 4.27. The van der Waals surface area contributed by atoms with Crippen molar-refractivity contribution in [3.05, 3.63) is 0 Å². The summed E-state index contributed by atoms with van der Waals surface area (Å²) in [5, 5.41) is 0. The fourth-order valence-electron chi connectivity index (χ4n) is 0.244. The van der Waals surface area contributed by atoms with E-state index in [1.807, 2.05) is 0 Å². The molecule has 0 saturated carbocycles. The molecule has 0 aromatic heterocycles. The lowest BCUT2D eigenvalue weighted by Gasteiger charge is -2.26. The summed E-state index contributed by atoms with van der Waals surface area (Å²) in [5.74, 6) is 0. The Morgan fingerprint density at radius 2 is 2.29 bits per heavy atom. The smallest absolute Gasteiger partial charge is 0.343 e. The van der Waals surface area contributed by atoms with Crippen LogP contribution in [-0.4, -0.2) is 14.8 Å². The Balaban J connectivity index is 2.45. The van der Waals surface area contributed by atoms with Crippen LogP contribution in [0.25, 0.3) is 0 Å². The Kier molecular flexibility index (Phi) is 1.50. The molecular weight excluding hydrogens is 134 g/mol. The summed E-state index contributed by atoms with van der Waals surface area (Å²) >= 11 is 4.68. The molecule has 1 rings (SSSR count). The van der Waals surface area contributed by atoms with E-state index in [0.717, 1.165) is 0 Å². The summed E-state index contributed by atoms with van der Waals surface area (Å²) in [6.45, 7) is -2.14. The van der Waals surface area contributed by atoms with E-state index >= 15 is 0 Å². The minimum Gasteiger partial charge on any atom is -0.343 e. The van der Waals surface area contributed by atoms with Crippen LogP contribution in [0, 0.1) is 0 Å². The Labute approximate surface area is 47.5 Å². The Hall–Kier alpha value is 0.595. The summed E-state index contributed by atoms with van der Waals surface area (Å²) in [6, 6.07) is 0. The van der Waals surface area contributed by atoms with Crippen molar-refractivity contribution in [2.45, 2.75) is 0 Å². The molecule has 3 nitrogen and oxygen atoms in total. The molecule has 1 saturated heterocycles. The van der Waals surface area contributed by atoms with Crippen molar-refractivity contribution in [2.24, 2.45) is 0 Å². The van der Waals surface area contributed by atoms with Crippen molar-refractivity contribution in [2.75, 3.05) is 7.11 Å². The molecule has 40 valence electrons. The third-order valence-electron chi connectivity index (χ3n) is 0.645. The van der Waals surface area contributed by atoms with Crippen LogP contribution in [0.15, 0.2) is 0 Å². The first-order chi connectivity index (χ1) is 3.27. The van der Waals surface area contributed by atoms with E-state index in [2.05, 4.69) is 16.3 Å². The number of hydrogen-bond acceptors (Lipinski definition) is 4. The molecule has 1 aliphatic rings. The summed E-state index contributed by atoms with van der Waals surface area (Å²) in [7, 11) is 1.78. The zero-order valence-corrected chi connectivity index (χ0v) is 5.50. The lowest BCUT2D eigenvalue weighted by molar-refractivity contribution is 0.255. The van der Waals surface area contributed by atoms with Crippen molar-refractivity contribution in [1.29, 1.82) is 0 Å².